The lowest BCUT2D eigenvalue weighted by atomic mass is 10.1. The third-order valence-corrected chi connectivity index (χ3v) is 4.14. The van der Waals surface area contributed by atoms with Gasteiger partial charge in [0.25, 0.3) is 0 Å². The van der Waals surface area contributed by atoms with E-state index in [9.17, 15) is 14.4 Å². The van der Waals surface area contributed by atoms with Crippen LogP contribution in [0.25, 0.3) is 11.4 Å². The van der Waals surface area contributed by atoms with Crippen molar-refractivity contribution >= 4 is 23.6 Å². The number of imide groups is 1. The summed E-state index contributed by atoms with van der Waals surface area (Å²) >= 11 is 0. The highest BCUT2D eigenvalue weighted by Crippen LogP contribution is 2.22. The number of piperidine rings is 1. The molecule has 27 heavy (non-hydrogen) atoms. The van der Waals surface area contributed by atoms with Crippen molar-refractivity contribution in [1.29, 1.82) is 0 Å². The molecule has 1 aromatic carbocycles. The highest BCUT2D eigenvalue weighted by molar-refractivity contribution is 6.02. The molecule has 2 amide bonds. The Morgan fingerprint density at radius 3 is 2.70 bits per heavy atom. The molecule has 3 rings (SSSR count). The van der Waals surface area contributed by atoms with E-state index in [1.54, 1.807) is 6.92 Å². The summed E-state index contributed by atoms with van der Waals surface area (Å²) in [4.78, 5) is 44.3. The fourth-order valence-corrected chi connectivity index (χ4v) is 2.69. The summed E-state index contributed by atoms with van der Waals surface area (Å²) in [6.07, 6.45) is 1.92. The van der Waals surface area contributed by atoms with E-state index in [4.69, 9.17) is 4.74 Å². The van der Waals surface area contributed by atoms with Crippen LogP contribution in [0.3, 0.4) is 0 Å². The zero-order chi connectivity index (χ0) is 19.4. The molecule has 1 aliphatic rings. The predicted molar refractivity (Wildman–Crippen MR) is 98.0 cm³/mol. The molecule has 2 heterocycles. The summed E-state index contributed by atoms with van der Waals surface area (Å²) in [5.41, 5.74) is 2.02. The Morgan fingerprint density at radius 1 is 1.30 bits per heavy atom. The molecule has 0 saturated carbocycles. The Bertz CT molecular complexity index is 880. The second-order valence-electron chi connectivity index (χ2n) is 6.19. The lowest BCUT2D eigenvalue weighted by Crippen LogP contribution is -2.47. The minimum absolute atomic E-state index is 0.136. The first-order chi connectivity index (χ1) is 13.0. The lowest BCUT2D eigenvalue weighted by Gasteiger charge is -2.23. The quantitative estimate of drug-likeness (QED) is 0.612. The van der Waals surface area contributed by atoms with E-state index in [0.29, 0.717) is 12.2 Å². The summed E-state index contributed by atoms with van der Waals surface area (Å²) in [7, 11) is 0. The van der Waals surface area contributed by atoms with Crippen molar-refractivity contribution in [2.45, 2.75) is 32.7 Å². The summed E-state index contributed by atoms with van der Waals surface area (Å²) in [6.45, 7) is 3.88. The molecule has 1 saturated heterocycles. The third-order valence-electron chi connectivity index (χ3n) is 4.14. The van der Waals surface area contributed by atoms with Crippen molar-refractivity contribution in [3.8, 4) is 11.4 Å². The molecule has 2 aromatic rings. The van der Waals surface area contributed by atoms with Gasteiger partial charge in [-0.3, -0.25) is 14.9 Å². The smallest absolute Gasteiger partial charge is 0.343 e. The molecule has 0 bridgehead atoms. The number of carbonyl (C=O) groups excluding carboxylic acids is 3. The number of aryl methyl sites for hydroxylation is 1. The number of benzene rings is 1. The van der Waals surface area contributed by atoms with Crippen LogP contribution in [0.1, 0.15) is 35.7 Å². The van der Waals surface area contributed by atoms with Gasteiger partial charge in [-0.05, 0) is 20.3 Å². The van der Waals surface area contributed by atoms with Crippen molar-refractivity contribution in [3.05, 3.63) is 41.6 Å². The molecule has 0 aliphatic carbocycles. The van der Waals surface area contributed by atoms with Crippen molar-refractivity contribution < 1.29 is 19.1 Å². The Balaban J connectivity index is 1.95. The molecule has 0 spiro atoms. The van der Waals surface area contributed by atoms with Gasteiger partial charge in [0, 0.05) is 18.2 Å². The van der Waals surface area contributed by atoms with E-state index in [-0.39, 0.29) is 30.3 Å². The van der Waals surface area contributed by atoms with Crippen molar-refractivity contribution in [2.24, 2.45) is 0 Å². The largest absolute Gasteiger partial charge is 0.462 e. The van der Waals surface area contributed by atoms with Gasteiger partial charge in [0.05, 0.1) is 6.61 Å². The molecule has 1 atom stereocenters. The van der Waals surface area contributed by atoms with Gasteiger partial charge in [-0.2, -0.15) is 0 Å². The topological polar surface area (TPSA) is 110 Å². The van der Waals surface area contributed by atoms with Crippen LogP contribution in [0.2, 0.25) is 0 Å². The molecular weight excluding hydrogens is 348 g/mol. The molecule has 2 N–H and O–H groups in total. The van der Waals surface area contributed by atoms with Gasteiger partial charge in [0.1, 0.15) is 17.4 Å². The fraction of sp³-hybridized carbons (Fsp3) is 0.316. The van der Waals surface area contributed by atoms with Gasteiger partial charge in [0.2, 0.25) is 11.8 Å². The number of nitrogens with one attached hydrogen (secondary N) is 2. The highest BCUT2D eigenvalue weighted by atomic mass is 16.5. The molecule has 1 unspecified atom stereocenters. The fourth-order valence-electron chi connectivity index (χ4n) is 2.69. The number of nitrogens with zero attached hydrogens (tertiary/aromatic N) is 2. The molecule has 1 aromatic heterocycles. The van der Waals surface area contributed by atoms with Gasteiger partial charge in [-0.1, -0.05) is 29.8 Å². The first-order valence-corrected chi connectivity index (χ1v) is 8.69. The molecule has 8 nitrogen and oxygen atoms in total. The predicted octanol–water partition coefficient (Wildman–Crippen LogP) is 1.85. The summed E-state index contributed by atoms with van der Waals surface area (Å²) < 4.78 is 5.05. The van der Waals surface area contributed by atoms with Crippen LogP contribution >= 0.6 is 0 Å². The molecule has 0 radical (unpaired) electrons. The number of hydrogen-bond acceptors (Lipinski definition) is 7. The Kier molecular flexibility index (Phi) is 5.44. The average molecular weight is 368 g/mol. The molecule has 8 heteroatoms. The Morgan fingerprint density at radius 2 is 2.04 bits per heavy atom. The Labute approximate surface area is 156 Å². The van der Waals surface area contributed by atoms with Crippen LogP contribution in [0, 0.1) is 6.92 Å². The van der Waals surface area contributed by atoms with Gasteiger partial charge in [0.15, 0.2) is 5.82 Å². The van der Waals surface area contributed by atoms with Crippen LogP contribution < -0.4 is 10.6 Å². The van der Waals surface area contributed by atoms with E-state index >= 15 is 0 Å². The van der Waals surface area contributed by atoms with Gasteiger partial charge < -0.3 is 10.1 Å². The maximum atomic E-state index is 12.2. The zero-order valence-corrected chi connectivity index (χ0v) is 15.1. The number of rotatable bonds is 5. The van der Waals surface area contributed by atoms with Crippen LogP contribution in [0.4, 0.5) is 5.82 Å². The van der Waals surface area contributed by atoms with Crippen LogP contribution in [-0.2, 0) is 14.3 Å². The van der Waals surface area contributed by atoms with Gasteiger partial charge >= 0.3 is 5.97 Å². The average Bonchev–Trinajstić information content (AvgIpc) is 2.65. The molecular formula is C19H20N4O4. The molecule has 140 valence electrons. The van der Waals surface area contributed by atoms with Crippen molar-refractivity contribution in [2.75, 3.05) is 11.9 Å². The normalized spacial score (nSPS) is 16.6. The number of hydrogen-bond donors (Lipinski definition) is 2. The maximum Gasteiger partial charge on any atom is 0.343 e. The lowest BCUT2D eigenvalue weighted by molar-refractivity contribution is -0.133. The number of esters is 1. The Hall–Kier alpha value is -3.29. The highest BCUT2D eigenvalue weighted by Gasteiger charge is 2.28. The first-order valence-electron chi connectivity index (χ1n) is 8.69. The second-order valence-corrected chi connectivity index (χ2v) is 6.19. The summed E-state index contributed by atoms with van der Waals surface area (Å²) in [5, 5.41) is 5.24. The van der Waals surface area contributed by atoms with Gasteiger partial charge in [-0.15, -0.1) is 0 Å². The van der Waals surface area contributed by atoms with E-state index in [1.807, 2.05) is 31.2 Å². The number of anilines is 1. The zero-order valence-electron chi connectivity index (χ0n) is 15.1. The molecule has 1 fully saturated rings. The monoisotopic (exact) mass is 368 g/mol. The number of aromatic nitrogens is 2. The van der Waals surface area contributed by atoms with E-state index in [2.05, 4.69) is 20.6 Å². The van der Waals surface area contributed by atoms with Crippen LogP contribution in [-0.4, -0.2) is 40.4 Å². The maximum absolute atomic E-state index is 12.2. The number of carbonyl (C=O) groups is 3. The number of ether oxygens (including phenoxy) is 1. The van der Waals surface area contributed by atoms with E-state index < -0.39 is 17.9 Å². The standard InChI is InChI=1S/C19H20N4O4/c1-3-27-19(26)13-10-20-16(12-6-4-11(2)5-7-12)23-17(13)21-14-8-9-15(24)22-18(14)25/h4-7,10,14H,3,8-9H2,1-2H3,(H,20,21,23)(H,22,24,25). The minimum atomic E-state index is -0.670. The summed E-state index contributed by atoms with van der Waals surface area (Å²) in [6, 6.07) is 6.96. The van der Waals surface area contributed by atoms with Crippen molar-refractivity contribution in [3.63, 3.8) is 0 Å². The van der Waals surface area contributed by atoms with E-state index in [1.165, 1.54) is 6.20 Å². The second kappa shape index (κ2) is 7.94. The van der Waals surface area contributed by atoms with Gasteiger partial charge in [-0.25, -0.2) is 14.8 Å². The first kappa shape index (κ1) is 18.5. The molecule has 1 aliphatic heterocycles. The minimum Gasteiger partial charge on any atom is -0.462 e. The van der Waals surface area contributed by atoms with E-state index in [0.717, 1.165) is 11.1 Å². The van der Waals surface area contributed by atoms with Crippen LogP contribution in [0.15, 0.2) is 30.5 Å². The summed E-state index contributed by atoms with van der Waals surface area (Å²) in [5.74, 6) is -0.725. The SMILES string of the molecule is CCOC(=O)c1cnc(-c2ccc(C)cc2)nc1NC1CCC(=O)NC1=O. The third kappa shape index (κ3) is 4.28. The van der Waals surface area contributed by atoms with Crippen molar-refractivity contribution in [1.82, 2.24) is 15.3 Å². The number of amides is 2. The van der Waals surface area contributed by atoms with Crippen LogP contribution in [0.5, 0.6) is 0 Å².